The fraction of sp³-hybridized carbons (Fsp3) is 0.385. The zero-order valence-electron chi connectivity index (χ0n) is 10.9. The van der Waals surface area contributed by atoms with Crippen LogP contribution in [0.5, 0.6) is 0 Å². The van der Waals surface area contributed by atoms with Crippen LogP contribution in [0.3, 0.4) is 0 Å². The fourth-order valence-electron chi connectivity index (χ4n) is 2.00. The summed E-state index contributed by atoms with van der Waals surface area (Å²) in [5, 5.41) is 13.7. The van der Waals surface area contributed by atoms with Crippen molar-refractivity contribution >= 4 is 39.3 Å². The molecular formula is C13H15BrN2O3S. The van der Waals surface area contributed by atoms with Crippen LogP contribution in [0.15, 0.2) is 28.1 Å². The topological polar surface area (TPSA) is 69.6 Å². The number of nitrogens with one attached hydrogen (secondary N) is 1. The van der Waals surface area contributed by atoms with E-state index in [0.717, 1.165) is 9.35 Å². The van der Waals surface area contributed by atoms with Crippen molar-refractivity contribution in [2.75, 3.05) is 7.05 Å². The SMILES string of the molecule is CN(Cc1cc(Br)cs1)C(=O)NC1C=CC(C(=O)O)C1. The Morgan fingerprint density at radius 2 is 2.30 bits per heavy atom. The van der Waals surface area contributed by atoms with Gasteiger partial charge in [-0.3, -0.25) is 4.79 Å². The smallest absolute Gasteiger partial charge is 0.317 e. The van der Waals surface area contributed by atoms with E-state index >= 15 is 0 Å². The van der Waals surface area contributed by atoms with E-state index < -0.39 is 11.9 Å². The molecule has 0 radical (unpaired) electrons. The number of aliphatic carboxylic acids is 1. The first-order chi connectivity index (χ1) is 9.45. The molecule has 0 spiro atoms. The second-order valence-corrected chi connectivity index (χ2v) is 6.62. The summed E-state index contributed by atoms with van der Waals surface area (Å²) in [5.74, 6) is -1.35. The number of urea groups is 1. The van der Waals surface area contributed by atoms with Crippen molar-refractivity contribution in [1.29, 1.82) is 0 Å². The van der Waals surface area contributed by atoms with Crippen LogP contribution in [-0.4, -0.2) is 35.1 Å². The highest BCUT2D eigenvalue weighted by molar-refractivity contribution is 9.10. The summed E-state index contributed by atoms with van der Waals surface area (Å²) in [7, 11) is 1.72. The fourth-order valence-corrected chi connectivity index (χ4v) is 3.50. The predicted molar refractivity (Wildman–Crippen MR) is 80.7 cm³/mol. The van der Waals surface area contributed by atoms with E-state index in [4.69, 9.17) is 5.11 Å². The van der Waals surface area contributed by atoms with Gasteiger partial charge in [0.05, 0.1) is 18.5 Å². The largest absolute Gasteiger partial charge is 0.481 e. The lowest BCUT2D eigenvalue weighted by molar-refractivity contribution is -0.140. The first-order valence-electron chi connectivity index (χ1n) is 6.11. The van der Waals surface area contributed by atoms with Crippen molar-refractivity contribution in [2.24, 2.45) is 5.92 Å². The van der Waals surface area contributed by atoms with E-state index in [9.17, 15) is 9.59 Å². The van der Waals surface area contributed by atoms with E-state index in [1.807, 2.05) is 11.4 Å². The van der Waals surface area contributed by atoms with Gasteiger partial charge >= 0.3 is 12.0 Å². The lowest BCUT2D eigenvalue weighted by Crippen LogP contribution is -2.41. The number of carboxylic acid groups (broad SMARTS) is 1. The van der Waals surface area contributed by atoms with E-state index in [1.165, 1.54) is 0 Å². The molecule has 1 heterocycles. The molecule has 2 N–H and O–H groups in total. The van der Waals surface area contributed by atoms with Crippen LogP contribution in [0.2, 0.25) is 0 Å². The Bertz CT molecular complexity index is 543. The Kier molecular flexibility index (Phi) is 4.82. The van der Waals surface area contributed by atoms with Crippen LogP contribution >= 0.6 is 27.3 Å². The molecule has 2 amide bonds. The summed E-state index contributed by atoms with van der Waals surface area (Å²) in [4.78, 5) is 25.5. The number of hydrogen-bond donors (Lipinski definition) is 2. The van der Waals surface area contributed by atoms with E-state index in [0.29, 0.717) is 13.0 Å². The van der Waals surface area contributed by atoms with Crippen molar-refractivity contribution in [2.45, 2.75) is 19.0 Å². The third-order valence-electron chi connectivity index (χ3n) is 3.07. The lowest BCUT2D eigenvalue weighted by atomic mass is 10.1. The normalized spacial score (nSPS) is 20.9. The molecule has 0 bridgehead atoms. The molecule has 2 atom stereocenters. The quantitative estimate of drug-likeness (QED) is 0.813. The summed E-state index contributed by atoms with van der Waals surface area (Å²) < 4.78 is 1.01. The Hall–Kier alpha value is -1.34. The van der Waals surface area contributed by atoms with E-state index in [2.05, 4.69) is 21.2 Å². The number of rotatable bonds is 4. The predicted octanol–water partition coefficient (Wildman–Crippen LogP) is 2.68. The molecule has 2 unspecified atom stereocenters. The molecule has 0 aliphatic heterocycles. The highest BCUT2D eigenvalue weighted by Gasteiger charge is 2.26. The first-order valence-corrected chi connectivity index (χ1v) is 7.78. The standard InChI is InChI=1S/C13H15BrN2O3S/c1-16(6-11-5-9(14)7-20-11)13(19)15-10-3-2-8(4-10)12(17)18/h2-3,5,7-8,10H,4,6H2,1H3,(H,15,19)(H,17,18). The van der Waals surface area contributed by atoms with Crippen molar-refractivity contribution < 1.29 is 14.7 Å². The maximum Gasteiger partial charge on any atom is 0.317 e. The molecule has 0 saturated carbocycles. The molecule has 0 fully saturated rings. The number of amides is 2. The number of thiophene rings is 1. The average Bonchev–Trinajstić information content (AvgIpc) is 2.98. The molecule has 1 aromatic rings. The minimum absolute atomic E-state index is 0.199. The second kappa shape index (κ2) is 6.41. The van der Waals surface area contributed by atoms with Gasteiger partial charge in [-0.25, -0.2) is 4.79 Å². The lowest BCUT2D eigenvalue weighted by Gasteiger charge is -2.20. The minimum Gasteiger partial charge on any atom is -0.481 e. The maximum absolute atomic E-state index is 12.0. The van der Waals surface area contributed by atoms with Crippen molar-refractivity contribution in [1.82, 2.24) is 10.2 Å². The summed E-state index contributed by atoms with van der Waals surface area (Å²) in [6.45, 7) is 0.529. The van der Waals surface area contributed by atoms with Crippen molar-refractivity contribution in [3.63, 3.8) is 0 Å². The van der Waals surface area contributed by atoms with Gasteiger partial charge in [-0.2, -0.15) is 0 Å². The second-order valence-electron chi connectivity index (χ2n) is 4.71. The van der Waals surface area contributed by atoms with Crippen LogP contribution in [0.4, 0.5) is 4.79 Å². The molecule has 5 nitrogen and oxygen atoms in total. The van der Waals surface area contributed by atoms with Gasteiger partial charge in [-0.05, 0) is 28.4 Å². The highest BCUT2D eigenvalue weighted by atomic mass is 79.9. The number of carbonyl (C=O) groups excluding carboxylic acids is 1. The van der Waals surface area contributed by atoms with Crippen molar-refractivity contribution in [3.05, 3.63) is 32.9 Å². The molecule has 108 valence electrons. The molecular weight excluding hydrogens is 344 g/mol. The zero-order chi connectivity index (χ0) is 14.7. The highest BCUT2D eigenvalue weighted by Crippen LogP contribution is 2.21. The molecule has 20 heavy (non-hydrogen) atoms. The number of halogens is 1. The summed E-state index contributed by atoms with van der Waals surface area (Å²) in [5.41, 5.74) is 0. The monoisotopic (exact) mass is 358 g/mol. The van der Waals surface area contributed by atoms with Gasteiger partial charge < -0.3 is 15.3 Å². The van der Waals surface area contributed by atoms with Gasteiger partial charge in [-0.1, -0.05) is 12.2 Å². The molecule has 2 rings (SSSR count). The molecule has 1 aliphatic carbocycles. The number of carbonyl (C=O) groups is 2. The number of hydrogen-bond acceptors (Lipinski definition) is 3. The molecule has 7 heteroatoms. The van der Waals surface area contributed by atoms with Gasteiger partial charge in [-0.15, -0.1) is 11.3 Å². The number of nitrogens with zero attached hydrogens (tertiary/aromatic N) is 1. The molecule has 0 saturated heterocycles. The van der Waals surface area contributed by atoms with Crippen LogP contribution in [0.1, 0.15) is 11.3 Å². The Morgan fingerprint density at radius 1 is 1.55 bits per heavy atom. The van der Waals surface area contributed by atoms with Gasteiger partial charge in [0.15, 0.2) is 0 Å². The molecule has 1 aliphatic rings. The summed E-state index contributed by atoms with van der Waals surface area (Å²) in [6, 6.07) is 1.57. The van der Waals surface area contributed by atoms with Gasteiger partial charge in [0.2, 0.25) is 0 Å². The van der Waals surface area contributed by atoms with Crippen LogP contribution in [0.25, 0.3) is 0 Å². The third-order valence-corrected chi connectivity index (χ3v) is 4.75. The summed E-state index contributed by atoms with van der Waals surface area (Å²) in [6.07, 6.45) is 3.79. The van der Waals surface area contributed by atoms with E-state index in [-0.39, 0.29) is 12.1 Å². The van der Waals surface area contributed by atoms with Gasteiger partial charge in [0.25, 0.3) is 0 Å². The Morgan fingerprint density at radius 3 is 2.85 bits per heavy atom. The molecule has 1 aromatic heterocycles. The minimum atomic E-state index is -0.852. The van der Waals surface area contributed by atoms with Crippen molar-refractivity contribution in [3.8, 4) is 0 Å². The van der Waals surface area contributed by atoms with Gasteiger partial charge in [0.1, 0.15) is 0 Å². The third kappa shape index (κ3) is 3.83. The Labute approximate surface area is 129 Å². The van der Waals surface area contributed by atoms with E-state index in [1.54, 1.807) is 35.4 Å². The summed E-state index contributed by atoms with van der Waals surface area (Å²) >= 11 is 4.96. The average molecular weight is 359 g/mol. The molecule has 0 aromatic carbocycles. The maximum atomic E-state index is 12.0. The van der Waals surface area contributed by atoms with Gasteiger partial charge in [0, 0.05) is 21.8 Å². The number of carboxylic acids is 1. The van der Waals surface area contributed by atoms with Crippen LogP contribution < -0.4 is 5.32 Å². The zero-order valence-corrected chi connectivity index (χ0v) is 13.3. The first kappa shape index (κ1) is 15.1. The Balaban J connectivity index is 1.83. The van der Waals surface area contributed by atoms with Crippen LogP contribution in [0, 0.1) is 5.92 Å². The van der Waals surface area contributed by atoms with Crippen LogP contribution in [-0.2, 0) is 11.3 Å².